The molecular weight excluding hydrogens is 406 g/mol. The quantitative estimate of drug-likeness (QED) is 0.744. The number of nitrogens with zero attached hydrogens (tertiary/aromatic N) is 3. The van der Waals surface area contributed by atoms with Crippen molar-refractivity contribution in [1.29, 1.82) is 0 Å². The average molecular weight is 428 g/mol. The van der Waals surface area contributed by atoms with Crippen molar-refractivity contribution in [2.75, 3.05) is 36.4 Å². The Balaban J connectivity index is 1.30. The Kier molecular flexibility index (Phi) is 5.94. The van der Waals surface area contributed by atoms with Gasteiger partial charge in [-0.25, -0.2) is 18.5 Å². The predicted octanol–water partition coefficient (Wildman–Crippen LogP) is 2.84. The van der Waals surface area contributed by atoms with E-state index in [-0.39, 0.29) is 36.8 Å². The highest BCUT2D eigenvalue weighted by atomic mass is 19.1. The van der Waals surface area contributed by atoms with E-state index in [1.165, 1.54) is 11.0 Å². The van der Waals surface area contributed by atoms with Crippen LogP contribution < -0.4 is 10.2 Å². The lowest BCUT2D eigenvalue weighted by Gasteiger charge is -2.35. The molecule has 0 unspecified atom stereocenters. The van der Waals surface area contributed by atoms with Gasteiger partial charge in [-0.05, 0) is 37.1 Å². The number of hydrogen-bond donors (Lipinski definition) is 1. The van der Waals surface area contributed by atoms with Gasteiger partial charge in [-0.3, -0.25) is 14.5 Å². The van der Waals surface area contributed by atoms with Crippen molar-refractivity contribution in [3.05, 3.63) is 60.2 Å². The zero-order valence-corrected chi connectivity index (χ0v) is 16.8. The molecule has 0 spiro atoms. The molecule has 0 atom stereocenters. The van der Waals surface area contributed by atoms with Gasteiger partial charge >= 0.3 is 6.03 Å². The lowest BCUT2D eigenvalue weighted by molar-refractivity contribution is -0.117. The molecular formula is C22H22F2N4O3. The first kappa shape index (κ1) is 20.9. The number of imide groups is 1. The van der Waals surface area contributed by atoms with Gasteiger partial charge in [-0.1, -0.05) is 18.2 Å². The molecule has 7 nitrogen and oxygen atoms in total. The molecule has 2 aliphatic heterocycles. The Labute approximate surface area is 178 Å². The van der Waals surface area contributed by atoms with Gasteiger partial charge in [0.05, 0.1) is 17.9 Å². The van der Waals surface area contributed by atoms with E-state index in [0.29, 0.717) is 37.7 Å². The third-order valence-electron chi connectivity index (χ3n) is 5.58. The van der Waals surface area contributed by atoms with Gasteiger partial charge in [-0.15, -0.1) is 0 Å². The van der Waals surface area contributed by atoms with Gasteiger partial charge in [0, 0.05) is 25.2 Å². The van der Waals surface area contributed by atoms with E-state index < -0.39 is 17.5 Å². The van der Waals surface area contributed by atoms with E-state index in [1.54, 1.807) is 29.2 Å². The van der Waals surface area contributed by atoms with Gasteiger partial charge in [0.2, 0.25) is 5.91 Å². The number of piperidine rings is 1. The van der Waals surface area contributed by atoms with E-state index in [2.05, 4.69) is 5.32 Å². The Morgan fingerprint density at radius 3 is 2.42 bits per heavy atom. The molecule has 1 N–H and O–H groups in total. The highest BCUT2D eigenvalue weighted by Gasteiger charge is 2.41. The SMILES string of the molecule is O=C(CN1CCC(N2CC(=O)N(c3ccccc3)C2=O)CC1)Nc1ccc(F)cc1F. The van der Waals surface area contributed by atoms with Crippen LogP contribution in [0, 0.1) is 11.6 Å². The molecule has 2 aliphatic rings. The van der Waals surface area contributed by atoms with Crippen LogP contribution in [-0.4, -0.2) is 59.9 Å². The summed E-state index contributed by atoms with van der Waals surface area (Å²) >= 11 is 0. The first-order valence-electron chi connectivity index (χ1n) is 10.1. The van der Waals surface area contributed by atoms with Crippen molar-refractivity contribution >= 4 is 29.2 Å². The third-order valence-corrected chi connectivity index (χ3v) is 5.58. The first-order chi connectivity index (χ1) is 14.9. The number of carbonyl (C=O) groups is 3. The predicted molar refractivity (Wildman–Crippen MR) is 110 cm³/mol. The molecule has 31 heavy (non-hydrogen) atoms. The molecule has 0 aromatic heterocycles. The van der Waals surface area contributed by atoms with Crippen LogP contribution >= 0.6 is 0 Å². The molecule has 9 heteroatoms. The van der Waals surface area contributed by atoms with Crippen LogP contribution in [0.5, 0.6) is 0 Å². The lowest BCUT2D eigenvalue weighted by Crippen LogP contribution is -2.48. The van der Waals surface area contributed by atoms with E-state index in [0.717, 1.165) is 6.07 Å². The number of anilines is 2. The van der Waals surface area contributed by atoms with Gasteiger partial charge in [0.1, 0.15) is 18.2 Å². The summed E-state index contributed by atoms with van der Waals surface area (Å²) in [4.78, 5) is 42.2. The molecule has 4 rings (SSSR count). The summed E-state index contributed by atoms with van der Waals surface area (Å²) in [7, 11) is 0. The molecule has 162 valence electrons. The summed E-state index contributed by atoms with van der Waals surface area (Å²) in [5.74, 6) is -2.18. The lowest BCUT2D eigenvalue weighted by atomic mass is 10.0. The van der Waals surface area contributed by atoms with Gasteiger partial charge in [0.15, 0.2) is 0 Å². The molecule has 4 amide bonds. The van der Waals surface area contributed by atoms with Crippen molar-refractivity contribution in [3.8, 4) is 0 Å². The Hall–Kier alpha value is -3.33. The van der Waals surface area contributed by atoms with E-state index in [4.69, 9.17) is 0 Å². The van der Waals surface area contributed by atoms with Gasteiger partial charge < -0.3 is 10.2 Å². The Morgan fingerprint density at radius 2 is 1.74 bits per heavy atom. The van der Waals surface area contributed by atoms with Crippen molar-refractivity contribution in [2.24, 2.45) is 0 Å². The number of rotatable bonds is 5. The molecule has 0 bridgehead atoms. The standard InChI is InChI=1S/C22H22F2N4O3/c23-15-6-7-19(18(24)12-15)25-20(29)13-26-10-8-16(9-11-26)27-14-21(30)28(22(27)31)17-4-2-1-3-5-17/h1-7,12,16H,8-11,13-14H2,(H,25,29). The summed E-state index contributed by atoms with van der Waals surface area (Å²) in [5.41, 5.74) is 0.491. The van der Waals surface area contributed by atoms with Crippen molar-refractivity contribution < 1.29 is 23.2 Å². The summed E-state index contributed by atoms with van der Waals surface area (Å²) in [6.07, 6.45) is 1.25. The molecule has 2 saturated heterocycles. The highest BCUT2D eigenvalue weighted by molar-refractivity contribution is 6.19. The van der Waals surface area contributed by atoms with Crippen molar-refractivity contribution in [3.63, 3.8) is 0 Å². The molecule has 0 saturated carbocycles. The number of para-hydroxylation sites is 1. The fraction of sp³-hybridized carbons (Fsp3) is 0.318. The maximum atomic E-state index is 13.7. The second kappa shape index (κ2) is 8.81. The third kappa shape index (κ3) is 4.56. The summed E-state index contributed by atoms with van der Waals surface area (Å²) < 4.78 is 26.7. The first-order valence-corrected chi connectivity index (χ1v) is 10.1. The van der Waals surface area contributed by atoms with Crippen LogP contribution in [0.4, 0.5) is 25.0 Å². The van der Waals surface area contributed by atoms with Gasteiger partial charge in [0.25, 0.3) is 5.91 Å². The summed E-state index contributed by atoms with van der Waals surface area (Å²) in [5, 5.41) is 2.45. The molecule has 0 aliphatic carbocycles. The maximum Gasteiger partial charge on any atom is 0.332 e. The number of benzene rings is 2. The smallest absolute Gasteiger partial charge is 0.322 e. The second-order valence-corrected chi connectivity index (χ2v) is 7.65. The molecule has 0 radical (unpaired) electrons. The minimum Gasteiger partial charge on any atom is -0.322 e. The normalized spacial score (nSPS) is 18.0. The Bertz CT molecular complexity index is 994. The fourth-order valence-corrected chi connectivity index (χ4v) is 4.01. The topological polar surface area (TPSA) is 73.0 Å². The zero-order valence-electron chi connectivity index (χ0n) is 16.8. The number of hydrogen-bond acceptors (Lipinski definition) is 4. The van der Waals surface area contributed by atoms with Crippen LogP contribution in [-0.2, 0) is 9.59 Å². The number of amides is 4. The highest BCUT2D eigenvalue weighted by Crippen LogP contribution is 2.26. The fourth-order valence-electron chi connectivity index (χ4n) is 4.01. The van der Waals surface area contributed by atoms with Crippen LogP contribution in [0.2, 0.25) is 0 Å². The molecule has 2 aromatic carbocycles. The number of carbonyl (C=O) groups excluding carboxylic acids is 3. The van der Waals surface area contributed by atoms with E-state index >= 15 is 0 Å². The van der Waals surface area contributed by atoms with Crippen LogP contribution in [0.3, 0.4) is 0 Å². The number of urea groups is 1. The largest absolute Gasteiger partial charge is 0.332 e. The van der Waals surface area contributed by atoms with Crippen LogP contribution in [0.1, 0.15) is 12.8 Å². The van der Waals surface area contributed by atoms with E-state index in [9.17, 15) is 23.2 Å². The zero-order chi connectivity index (χ0) is 22.0. The van der Waals surface area contributed by atoms with Crippen LogP contribution in [0.15, 0.2) is 48.5 Å². The average Bonchev–Trinajstić information content (AvgIpc) is 3.05. The minimum atomic E-state index is -0.827. The molecule has 2 fully saturated rings. The second-order valence-electron chi connectivity index (χ2n) is 7.65. The van der Waals surface area contributed by atoms with Gasteiger partial charge in [-0.2, -0.15) is 0 Å². The number of halogens is 2. The monoisotopic (exact) mass is 428 g/mol. The van der Waals surface area contributed by atoms with Crippen molar-refractivity contribution in [1.82, 2.24) is 9.80 Å². The Morgan fingerprint density at radius 1 is 1.03 bits per heavy atom. The van der Waals surface area contributed by atoms with E-state index in [1.807, 2.05) is 11.0 Å². The molecule has 2 aromatic rings. The number of likely N-dealkylation sites (tertiary alicyclic amines) is 1. The summed E-state index contributed by atoms with van der Waals surface area (Å²) in [6.45, 7) is 1.23. The minimum absolute atomic E-state index is 0.0444. The number of nitrogens with one attached hydrogen (secondary N) is 1. The maximum absolute atomic E-state index is 13.7. The van der Waals surface area contributed by atoms with Crippen molar-refractivity contribution in [2.45, 2.75) is 18.9 Å². The molecule has 2 heterocycles. The van der Waals surface area contributed by atoms with Crippen LogP contribution in [0.25, 0.3) is 0 Å². The summed E-state index contributed by atoms with van der Waals surface area (Å²) in [6, 6.07) is 11.4.